The summed E-state index contributed by atoms with van der Waals surface area (Å²) in [6.45, 7) is 0. The molecule has 24 heavy (non-hydrogen) atoms. The van der Waals surface area contributed by atoms with Gasteiger partial charge in [-0.25, -0.2) is 10.4 Å². The number of carbonyl (C=O) groups is 1. The summed E-state index contributed by atoms with van der Waals surface area (Å²) in [5.41, 5.74) is 6.07. The van der Waals surface area contributed by atoms with Gasteiger partial charge in [0.15, 0.2) is 0 Å². The lowest BCUT2D eigenvalue weighted by Gasteiger charge is -2.00. The maximum atomic E-state index is 12.1. The Balaban J connectivity index is 1.37. The summed E-state index contributed by atoms with van der Waals surface area (Å²) in [7, 11) is 0. The molecule has 0 saturated heterocycles. The molecule has 1 saturated carbocycles. The summed E-state index contributed by atoms with van der Waals surface area (Å²) >= 11 is 0. The predicted octanol–water partition coefficient (Wildman–Crippen LogP) is 2.88. The highest BCUT2D eigenvalue weighted by molar-refractivity contribution is 5.86. The number of para-hydroxylation sites is 2. The molecule has 0 bridgehead atoms. The van der Waals surface area contributed by atoms with Crippen LogP contribution in [0.1, 0.15) is 23.6 Å². The third-order valence-electron chi connectivity index (χ3n) is 4.19. The molecule has 0 spiro atoms. The van der Waals surface area contributed by atoms with E-state index in [1.807, 2.05) is 42.5 Å². The van der Waals surface area contributed by atoms with Crippen molar-refractivity contribution < 1.29 is 4.79 Å². The molecule has 3 aromatic rings. The van der Waals surface area contributed by atoms with E-state index in [0.717, 1.165) is 17.5 Å². The molecule has 1 aliphatic rings. The summed E-state index contributed by atoms with van der Waals surface area (Å²) in [6, 6.07) is 17.7. The van der Waals surface area contributed by atoms with Crippen molar-refractivity contribution in [3.63, 3.8) is 0 Å². The van der Waals surface area contributed by atoms with Gasteiger partial charge in [-0.05, 0) is 30.0 Å². The first-order valence-electron chi connectivity index (χ1n) is 7.91. The highest BCUT2D eigenvalue weighted by atomic mass is 16.2. The SMILES string of the molecule is O=C(N/N=C\c1cnc2ccccc2n1)[C@@H]1C[C@H]1c1ccccc1. The summed E-state index contributed by atoms with van der Waals surface area (Å²) in [5, 5.41) is 4.01. The number of amides is 1. The number of rotatable bonds is 4. The molecule has 4 rings (SSSR count). The van der Waals surface area contributed by atoms with Gasteiger partial charge >= 0.3 is 0 Å². The van der Waals surface area contributed by atoms with Crippen LogP contribution in [0.3, 0.4) is 0 Å². The maximum absolute atomic E-state index is 12.1. The Labute approximate surface area is 139 Å². The van der Waals surface area contributed by atoms with Crippen molar-refractivity contribution in [2.75, 3.05) is 0 Å². The van der Waals surface area contributed by atoms with Gasteiger partial charge in [0.25, 0.3) is 0 Å². The van der Waals surface area contributed by atoms with Gasteiger partial charge in [-0.15, -0.1) is 0 Å². The first-order valence-corrected chi connectivity index (χ1v) is 7.91. The van der Waals surface area contributed by atoms with Crippen molar-refractivity contribution in [2.45, 2.75) is 12.3 Å². The van der Waals surface area contributed by atoms with Gasteiger partial charge in [-0.1, -0.05) is 42.5 Å². The van der Waals surface area contributed by atoms with E-state index in [1.54, 1.807) is 6.20 Å². The zero-order valence-corrected chi connectivity index (χ0v) is 13.0. The van der Waals surface area contributed by atoms with Crippen molar-refractivity contribution in [3.8, 4) is 0 Å². The van der Waals surface area contributed by atoms with Crippen molar-refractivity contribution in [1.82, 2.24) is 15.4 Å². The first-order chi connectivity index (χ1) is 11.8. The Morgan fingerprint density at radius 2 is 1.83 bits per heavy atom. The Morgan fingerprint density at radius 1 is 1.08 bits per heavy atom. The fourth-order valence-corrected chi connectivity index (χ4v) is 2.83. The van der Waals surface area contributed by atoms with Gasteiger partial charge in [0, 0.05) is 5.92 Å². The number of fused-ring (bicyclic) bond motifs is 1. The molecular formula is C19H16N4O. The number of hydrogen-bond donors (Lipinski definition) is 1. The minimum absolute atomic E-state index is 0.00670. The monoisotopic (exact) mass is 316 g/mol. The molecule has 1 N–H and O–H groups in total. The van der Waals surface area contributed by atoms with Crippen LogP contribution in [-0.2, 0) is 4.79 Å². The molecule has 118 valence electrons. The Kier molecular flexibility index (Phi) is 3.75. The van der Waals surface area contributed by atoms with Crippen molar-refractivity contribution in [2.24, 2.45) is 11.0 Å². The van der Waals surface area contributed by atoms with Gasteiger partial charge in [-0.3, -0.25) is 9.78 Å². The van der Waals surface area contributed by atoms with Crippen molar-refractivity contribution in [1.29, 1.82) is 0 Å². The number of nitrogens with one attached hydrogen (secondary N) is 1. The van der Waals surface area contributed by atoms with E-state index in [2.05, 4.69) is 32.6 Å². The third kappa shape index (κ3) is 3.01. The van der Waals surface area contributed by atoms with Crippen LogP contribution in [0, 0.1) is 5.92 Å². The summed E-state index contributed by atoms with van der Waals surface area (Å²) in [5.74, 6) is 0.267. The summed E-state index contributed by atoms with van der Waals surface area (Å²) in [4.78, 5) is 20.9. The first kappa shape index (κ1) is 14.5. The van der Waals surface area contributed by atoms with E-state index >= 15 is 0 Å². The molecule has 0 unspecified atom stereocenters. The second-order valence-corrected chi connectivity index (χ2v) is 5.88. The lowest BCUT2D eigenvalue weighted by Crippen LogP contribution is -2.20. The fraction of sp³-hybridized carbons (Fsp3) is 0.158. The molecule has 1 heterocycles. The van der Waals surface area contributed by atoms with E-state index in [-0.39, 0.29) is 11.8 Å². The normalized spacial score (nSPS) is 19.5. The molecule has 0 radical (unpaired) electrons. The van der Waals surface area contributed by atoms with Gasteiger partial charge in [-0.2, -0.15) is 5.10 Å². The molecule has 2 aromatic carbocycles. The molecule has 2 atom stereocenters. The molecule has 1 fully saturated rings. The number of carbonyl (C=O) groups excluding carboxylic acids is 1. The quantitative estimate of drug-likeness (QED) is 0.594. The summed E-state index contributed by atoms with van der Waals surface area (Å²) < 4.78 is 0. The summed E-state index contributed by atoms with van der Waals surface area (Å²) in [6.07, 6.45) is 4.04. The average Bonchev–Trinajstić information content (AvgIpc) is 3.43. The number of hydrazone groups is 1. The van der Waals surface area contributed by atoms with Gasteiger partial charge in [0.2, 0.25) is 5.91 Å². The molecule has 5 nitrogen and oxygen atoms in total. The highest BCUT2D eigenvalue weighted by Gasteiger charge is 2.43. The van der Waals surface area contributed by atoms with Crippen LogP contribution in [0.25, 0.3) is 11.0 Å². The van der Waals surface area contributed by atoms with E-state index in [0.29, 0.717) is 11.6 Å². The van der Waals surface area contributed by atoms with Crippen molar-refractivity contribution in [3.05, 3.63) is 72.1 Å². The number of aromatic nitrogens is 2. The van der Waals surface area contributed by atoms with Gasteiger partial charge in [0.05, 0.1) is 23.4 Å². The minimum atomic E-state index is -0.0474. The van der Waals surface area contributed by atoms with E-state index < -0.39 is 0 Å². The van der Waals surface area contributed by atoms with Crippen LogP contribution in [0.2, 0.25) is 0 Å². The second-order valence-electron chi connectivity index (χ2n) is 5.88. The lowest BCUT2D eigenvalue weighted by molar-refractivity contribution is -0.122. The molecule has 1 aliphatic carbocycles. The minimum Gasteiger partial charge on any atom is -0.273 e. The van der Waals surface area contributed by atoms with Crippen LogP contribution in [-0.4, -0.2) is 22.1 Å². The van der Waals surface area contributed by atoms with E-state index in [9.17, 15) is 4.79 Å². The van der Waals surface area contributed by atoms with Gasteiger partial charge in [0.1, 0.15) is 5.69 Å². The number of hydrogen-bond acceptors (Lipinski definition) is 4. The molecule has 0 aliphatic heterocycles. The Bertz CT molecular complexity index is 907. The zero-order valence-electron chi connectivity index (χ0n) is 13.0. The predicted molar refractivity (Wildman–Crippen MR) is 92.6 cm³/mol. The van der Waals surface area contributed by atoms with E-state index in [1.165, 1.54) is 11.8 Å². The lowest BCUT2D eigenvalue weighted by atomic mass is 10.1. The van der Waals surface area contributed by atoms with Gasteiger partial charge < -0.3 is 0 Å². The van der Waals surface area contributed by atoms with E-state index in [4.69, 9.17) is 0 Å². The largest absolute Gasteiger partial charge is 0.273 e. The fourth-order valence-electron chi connectivity index (χ4n) is 2.83. The molecule has 5 heteroatoms. The smallest absolute Gasteiger partial charge is 0.243 e. The molecule has 1 aromatic heterocycles. The molecular weight excluding hydrogens is 300 g/mol. The van der Waals surface area contributed by atoms with Crippen LogP contribution in [0.4, 0.5) is 0 Å². The standard InChI is InChI=1S/C19H16N4O/c24-19(16-10-15(16)13-6-2-1-3-7-13)23-21-12-14-11-20-17-8-4-5-9-18(17)22-14/h1-9,11-12,15-16H,10H2,(H,23,24)/b21-12-/t15-,16+/m0/s1. The van der Waals surface area contributed by atoms with Crippen LogP contribution >= 0.6 is 0 Å². The highest BCUT2D eigenvalue weighted by Crippen LogP contribution is 2.47. The topological polar surface area (TPSA) is 67.2 Å². The molecule has 1 amide bonds. The van der Waals surface area contributed by atoms with Crippen LogP contribution in [0.15, 0.2) is 65.9 Å². The number of benzene rings is 2. The van der Waals surface area contributed by atoms with Crippen molar-refractivity contribution >= 4 is 23.2 Å². The van der Waals surface area contributed by atoms with Crippen LogP contribution in [0.5, 0.6) is 0 Å². The third-order valence-corrected chi connectivity index (χ3v) is 4.19. The maximum Gasteiger partial charge on any atom is 0.243 e. The Morgan fingerprint density at radius 3 is 2.67 bits per heavy atom. The van der Waals surface area contributed by atoms with Crippen LogP contribution < -0.4 is 5.43 Å². The average molecular weight is 316 g/mol. The number of nitrogens with zero attached hydrogens (tertiary/aromatic N) is 3. The Hall–Kier alpha value is -3.08. The zero-order chi connectivity index (χ0) is 16.4. The second kappa shape index (κ2) is 6.20.